The van der Waals surface area contributed by atoms with Gasteiger partial charge in [0.2, 0.25) is 0 Å². The Hall–Kier alpha value is -2.45. The van der Waals surface area contributed by atoms with Crippen LogP contribution >= 0.6 is 11.8 Å². The van der Waals surface area contributed by atoms with Crippen molar-refractivity contribution in [2.45, 2.75) is 63.4 Å². The summed E-state index contributed by atoms with van der Waals surface area (Å²) in [5, 5.41) is 9.26. The summed E-state index contributed by atoms with van der Waals surface area (Å²) in [6.45, 7) is 5.65. The third-order valence-corrected chi connectivity index (χ3v) is 7.25. The second-order valence-corrected chi connectivity index (χ2v) is 9.57. The molecule has 2 fully saturated rings. The van der Waals surface area contributed by atoms with E-state index in [1.807, 2.05) is 24.5 Å². The molecule has 6 nitrogen and oxygen atoms in total. The number of hydrogen-bond acceptors (Lipinski definition) is 5. The summed E-state index contributed by atoms with van der Waals surface area (Å²) in [7, 11) is 0. The van der Waals surface area contributed by atoms with Crippen molar-refractivity contribution in [2.75, 3.05) is 12.4 Å². The number of carbonyl (C=O) groups excluding carboxylic acids is 1. The van der Waals surface area contributed by atoms with Gasteiger partial charge >= 0.3 is 0 Å². The van der Waals surface area contributed by atoms with Crippen molar-refractivity contribution in [1.82, 2.24) is 19.3 Å². The number of thioether (sulfide) groups is 1. The fourth-order valence-electron chi connectivity index (χ4n) is 4.43. The maximum atomic E-state index is 14.4. The molecule has 0 unspecified atom stereocenters. The van der Waals surface area contributed by atoms with E-state index in [4.69, 9.17) is 4.74 Å². The zero-order chi connectivity index (χ0) is 22.2. The molecule has 3 aromatic rings. The first-order valence-corrected chi connectivity index (χ1v) is 12.2. The molecule has 8 heteroatoms. The van der Waals surface area contributed by atoms with Gasteiger partial charge in [-0.2, -0.15) is 0 Å². The van der Waals surface area contributed by atoms with E-state index >= 15 is 0 Å². The predicted molar refractivity (Wildman–Crippen MR) is 122 cm³/mol. The summed E-state index contributed by atoms with van der Waals surface area (Å²) in [5.74, 6) is 0.565. The lowest BCUT2D eigenvalue weighted by Gasteiger charge is -2.14. The molecule has 0 N–H and O–H groups in total. The molecule has 1 aromatic carbocycles. The normalized spacial score (nSPS) is 18.4. The van der Waals surface area contributed by atoms with E-state index in [-0.39, 0.29) is 29.5 Å². The first-order chi connectivity index (χ1) is 15.5. The first-order valence-electron chi connectivity index (χ1n) is 11.2. The summed E-state index contributed by atoms with van der Waals surface area (Å²) in [4.78, 5) is 13.1. The van der Waals surface area contributed by atoms with Crippen molar-refractivity contribution in [2.24, 2.45) is 0 Å². The smallest absolute Gasteiger partial charge is 0.192 e. The number of nitrogens with zero attached hydrogens (tertiary/aromatic N) is 4. The lowest BCUT2D eigenvalue weighted by atomic mass is 10.2. The van der Waals surface area contributed by atoms with E-state index in [1.165, 1.54) is 17.8 Å². The Morgan fingerprint density at radius 1 is 1.22 bits per heavy atom. The number of benzene rings is 1. The molecule has 0 amide bonds. The standard InChI is InChI=1S/C24H27FN4O2S/c1-15-12-20(16(2)28(15)13-18-6-5-11-31-18)22(30)14-32-24-27-26-23(29(24)17-9-10-17)19-7-3-4-8-21(19)25/h3-4,7-8,12,17-18H,5-6,9-11,13-14H2,1-2H3/t18-/m1/s1. The molecular weight excluding hydrogens is 427 g/mol. The summed E-state index contributed by atoms with van der Waals surface area (Å²) >= 11 is 1.38. The van der Waals surface area contributed by atoms with Crippen LogP contribution < -0.4 is 0 Å². The van der Waals surface area contributed by atoms with Crippen molar-refractivity contribution in [1.29, 1.82) is 0 Å². The first kappa shape index (κ1) is 21.4. The minimum Gasteiger partial charge on any atom is -0.376 e. The number of carbonyl (C=O) groups is 1. The summed E-state index contributed by atoms with van der Waals surface area (Å²) in [6.07, 6.45) is 4.43. The highest BCUT2D eigenvalue weighted by molar-refractivity contribution is 7.99. The van der Waals surface area contributed by atoms with Gasteiger partial charge in [0.15, 0.2) is 16.8 Å². The second-order valence-electron chi connectivity index (χ2n) is 8.63. The van der Waals surface area contributed by atoms with Crippen LogP contribution in [0.1, 0.15) is 53.5 Å². The monoisotopic (exact) mass is 454 g/mol. The van der Waals surface area contributed by atoms with Crippen LogP contribution in [-0.2, 0) is 11.3 Å². The van der Waals surface area contributed by atoms with Crippen molar-refractivity contribution in [3.05, 3.63) is 53.1 Å². The molecule has 1 aliphatic heterocycles. The number of hydrogen-bond donors (Lipinski definition) is 0. The van der Waals surface area contributed by atoms with Crippen molar-refractivity contribution in [3.8, 4) is 11.4 Å². The van der Waals surface area contributed by atoms with Gasteiger partial charge in [-0.1, -0.05) is 23.9 Å². The van der Waals surface area contributed by atoms with Crippen LogP contribution in [0.25, 0.3) is 11.4 Å². The van der Waals surface area contributed by atoms with E-state index < -0.39 is 0 Å². The number of rotatable bonds is 8. The Morgan fingerprint density at radius 2 is 2.03 bits per heavy atom. The molecule has 0 radical (unpaired) electrons. The maximum absolute atomic E-state index is 14.4. The number of aromatic nitrogens is 4. The van der Waals surface area contributed by atoms with Gasteiger partial charge in [-0.3, -0.25) is 9.36 Å². The van der Waals surface area contributed by atoms with Crippen LogP contribution in [0.4, 0.5) is 4.39 Å². The molecule has 32 heavy (non-hydrogen) atoms. The number of Topliss-reactive ketones (excluding diaryl/α,β-unsaturated/α-hetero) is 1. The molecule has 1 saturated carbocycles. The molecule has 0 bridgehead atoms. The van der Waals surface area contributed by atoms with Crippen LogP contribution in [-0.4, -0.2) is 43.6 Å². The predicted octanol–water partition coefficient (Wildman–Crippen LogP) is 4.99. The molecule has 5 rings (SSSR count). The largest absolute Gasteiger partial charge is 0.376 e. The molecule has 2 aliphatic rings. The van der Waals surface area contributed by atoms with Crippen LogP contribution in [0.3, 0.4) is 0 Å². The highest BCUT2D eigenvalue weighted by atomic mass is 32.2. The number of aryl methyl sites for hydroxylation is 1. The van der Waals surface area contributed by atoms with E-state index in [9.17, 15) is 9.18 Å². The van der Waals surface area contributed by atoms with Gasteiger partial charge in [-0.25, -0.2) is 4.39 Å². The molecule has 3 heterocycles. The molecule has 0 spiro atoms. The molecular formula is C24H27FN4O2S. The fraction of sp³-hybridized carbons (Fsp3) is 0.458. The van der Waals surface area contributed by atoms with Gasteiger partial charge in [0.25, 0.3) is 0 Å². The lowest BCUT2D eigenvalue weighted by molar-refractivity contribution is 0.0957. The Kier molecular flexibility index (Phi) is 5.90. The number of ether oxygens (including phenoxy) is 1. The third kappa shape index (κ3) is 4.13. The molecule has 1 atom stereocenters. The fourth-order valence-corrected chi connectivity index (χ4v) is 5.32. The highest BCUT2D eigenvalue weighted by Crippen LogP contribution is 2.41. The van der Waals surface area contributed by atoms with E-state index in [1.54, 1.807) is 18.2 Å². The minimum absolute atomic E-state index is 0.0690. The van der Waals surface area contributed by atoms with Gasteiger partial charge in [-0.05, 0) is 57.7 Å². The van der Waals surface area contributed by atoms with Crippen molar-refractivity contribution in [3.63, 3.8) is 0 Å². The van der Waals surface area contributed by atoms with Crippen molar-refractivity contribution >= 4 is 17.5 Å². The summed E-state index contributed by atoms with van der Waals surface area (Å²) in [5.41, 5.74) is 3.26. The minimum atomic E-state index is -0.312. The molecule has 1 aliphatic carbocycles. The average Bonchev–Trinajstić information content (AvgIpc) is 3.20. The maximum Gasteiger partial charge on any atom is 0.192 e. The zero-order valence-corrected chi connectivity index (χ0v) is 19.2. The van der Waals surface area contributed by atoms with E-state index in [2.05, 4.69) is 14.8 Å². The molecule has 168 valence electrons. The van der Waals surface area contributed by atoms with Crippen LogP contribution in [0.15, 0.2) is 35.5 Å². The van der Waals surface area contributed by atoms with Crippen molar-refractivity contribution < 1.29 is 13.9 Å². The van der Waals surface area contributed by atoms with Crippen LogP contribution in [0.2, 0.25) is 0 Å². The SMILES string of the molecule is Cc1cc(C(=O)CSc2nnc(-c3ccccc3F)n2C2CC2)c(C)n1C[C@H]1CCCO1. The van der Waals surface area contributed by atoms with Gasteiger partial charge < -0.3 is 9.30 Å². The van der Waals surface area contributed by atoms with Crippen LogP contribution in [0.5, 0.6) is 0 Å². The molecule has 2 aromatic heterocycles. The van der Waals surface area contributed by atoms with Gasteiger partial charge in [-0.15, -0.1) is 10.2 Å². The molecule has 1 saturated heterocycles. The Balaban J connectivity index is 1.33. The van der Waals surface area contributed by atoms with Gasteiger partial charge in [0.1, 0.15) is 5.82 Å². The van der Waals surface area contributed by atoms with Gasteiger partial charge in [0, 0.05) is 36.1 Å². The second kappa shape index (κ2) is 8.83. The summed E-state index contributed by atoms with van der Waals surface area (Å²) < 4.78 is 24.3. The zero-order valence-electron chi connectivity index (χ0n) is 18.4. The van der Waals surface area contributed by atoms with Crippen LogP contribution in [0, 0.1) is 19.7 Å². The highest BCUT2D eigenvalue weighted by Gasteiger charge is 2.31. The quantitative estimate of drug-likeness (QED) is 0.354. The lowest BCUT2D eigenvalue weighted by Crippen LogP contribution is -2.17. The topological polar surface area (TPSA) is 61.9 Å². The average molecular weight is 455 g/mol. The van der Waals surface area contributed by atoms with Gasteiger partial charge in [0.05, 0.1) is 17.4 Å². The van der Waals surface area contributed by atoms with E-state index in [0.29, 0.717) is 16.5 Å². The Morgan fingerprint density at radius 3 is 2.75 bits per heavy atom. The van der Waals surface area contributed by atoms with E-state index in [0.717, 1.165) is 55.8 Å². The Bertz CT molecular complexity index is 1150. The number of halogens is 1. The summed E-state index contributed by atoms with van der Waals surface area (Å²) in [6, 6.07) is 8.87. The Labute approximate surface area is 191 Å². The third-order valence-electron chi connectivity index (χ3n) is 6.31. The number of ketones is 1.